The Labute approximate surface area is 126 Å². The number of ether oxygens (including phenoxy) is 1. The van der Waals surface area contributed by atoms with Crippen LogP contribution in [0.5, 0.6) is 0 Å². The van der Waals surface area contributed by atoms with Crippen molar-refractivity contribution in [3.8, 4) is 0 Å². The monoisotopic (exact) mass is 313 g/mol. The molecule has 1 unspecified atom stereocenters. The Bertz CT molecular complexity index is 564. The third-order valence-corrected chi connectivity index (χ3v) is 4.94. The standard InChI is InChI=1S/C14H23N3O3S/c1-11(2)15-8-12-4-5-13(16-9-12)21(18,19)17-14(3)6-7-20-10-14/h4-5,9,11,15,17H,6-8,10H2,1-3H3. The second kappa shape index (κ2) is 6.39. The third-order valence-electron chi connectivity index (χ3n) is 3.39. The highest BCUT2D eigenvalue weighted by Gasteiger charge is 2.35. The van der Waals surface area contributed by atoms with Crippen molar-refractivity contribution in [3.63, 3.8) is 0 Å². The maximum atomic E-state index is 12.3. The molecule has 1 aliphatic heterocycles. The molecule has 0 amide bonds. The van der Waals surface area contributed by atoms with Gasteiger partial charge in [0.2, 0.25) is 0 Å². The van der Waals surface area contributed by atoms with Gasteiger partial charge in [-0.2, -0.15) is 0 Å². The zero-order valence-corrected chi connectivity index (χ0v) is 13.5. The van der Waals surface area contributed by atoms with E-state index in [1.165, 1.54) is 0 Å². The summed E-state index contributed by atoms with van der Waals surface area (Å²) in [6, 6.07) is 3.70. The van der Waals surface area contributed by atoms with E-state index in [2.05, 4.69) is 28.9 Å². The highest BCUT2D eigenvalue weighted by atomic mass is 32.2. The summed E-state index contributed by atoms with van der Waals surface area (Å²) in [5.41, 5.74) is 0.413. The van der Waals surface area contributed by atoms with Crippen LogP contribution in [0.4, 0.5) is 0 Å². The maximum Gasteiger partial charge on any atom is 0.258 e. The molecule has 0 aliphatic carbocycles. The van der Waals surface area contributed by atoms with Crippen LogP contribution in [-0.2, 0) is 21.3 Å². The molecule has 2 heterocycles. The molecule has 0 radical (unpaired) electrons. The minimum absolute atomic E-state index is 0.0453. The first kappa shape index (κ1) is 16.4. The van der Waals surface area contributed by atoms with Gasteiger partial charge in [0.15, 0.2) is 5.03 Å². The normalized spacial score (nSPS) is 22.9. The fourth-order valence-electron chi connectivity index (χ4n) is 2.12. The van der Waals surface area contributed by atoms with Crippen LogP contribution in [0.3, 0.4) is 0 Å². The Morgan fingerprint density at radius 2 is 2.19 bits per heavy atom. The molecule has 1 saturated heterocycles. The van der Waals surface area contributed by atoms with Gasteiger partial charge in [0.25, 0.3) is 10.0 Å². The van der Waals surface area contributed by atoms with Crippen LogP contribution in [0.2, 0.25) is 0 Å². The van der Waals surface area contributed by atoms with E-state index in [9.17, 15) is 8.42 Å². The van der Waals surface area contributed by atoms with Crippen LogP contribution >= 0.6 is 0 Å². The number of pyridine rings is 1. The lowest BCUT2D eigenvalue weighted by atomic mass is 10.0. The quantitative estimate of drug-likeness (QED) is 0.820. The summed E-state index contributed by atoms with van der Waals surface area (Å²) >= 11 is 0. The largest absolute Gasteiger partial charge is 0.379 e. The third kappa shape index (κ3) is 4.47. The molecule has 7 heteroatoms. The summed E-state index contributed by atoms with van der Waals surface area (Å²) < 4.78 is 32.6. The van der Waals surface area contributed by atoms with E-state index < -0.39 is 15.6 Å². The predicted molar refractivity (Wildman–Crippen MR) is 80.4 cm³/mol. The molecular formula is C14H23N3O3S. The maximum absolute atomic E-state index is 12.3. The number of hydrogen-bond donors (Lipinski definition) is 2. The molecule has 118 valence electrons. The first-order chi connectivity index (χ1) is 9.81. The molecule has 2 rings (SSSR count). The van der Waals surface area contributed by atoms with Gasteiger partial charge in [0, 0.05) is 25.4 Å². The predicted octanol–water partition coefficient (Wildman–Crippen LogP) is 1.04. The number of rotatable bonds is 6. The van der Waals surface area contributed by atoms with Crippen molar-refractivity contribution >= 4 is 10.0 Å². The Morgan fingerprint density at radius 1 is 1.43 bits per heavy atom. The van der Waals surface area contributed by atoms with Gasteiger partial charge < -0.3 is 10.1 Å². The fraction of sp³-hybridized carbons (Fsp3) is 0.643. The zero-order valence-electron chi connectivity index (χ0n) is 12.7. The first-order valence-electron chi connectivity index (χ1n) is 7.11. The number of nitrogens with one attached hydrogen (secondary N) is 2. The van der Waals surface area contributed by atoms with Gasteiger partial charge in [0.1, 0.15) is 0 Å². The summed E-state index contributed by atoms with van der Waals surface area (Å²) in [5, 5.41) is 3.31. The van der Waals surface area contributed by atoms with Crippen LogP contribution in [-0.4, -0.2) is 38.2 Å². The van der Waals surface area contributed by atoms with E-state index in [0.717, 1.165) is 5.56 Å². The lowest BCUT2D eigenvalue weighted by Gasteiger charge is -2.22. The number of hydrogen-bond acceptors (Lipinski definition) is 5. The molecule has 0 aromatic carbocycles. The average molecular weight is 313 g/mol. The molecule has 1 aliphatic rings. The Morgan fingerprint density at radius 3 is 2.71 bits per heavy atom. The lowest BCUT2D eigenvalue weighted by Crippen LogP contribution is -2.46. The summed E-state index contributed by atoms with van der Waals surface area (Å²) in [5.74, 6) is 0. The number of sulfonamides is 1. The van der Waals surface area contributed by atoms with Crippen LogP contribution in [0, 0.1) is 0 Å². The molecule has 21 heavy (non-hydrogen) atoms. The summed E-state index contributed by atoms with van der Waals surface area (Å²) in [6.45, 7) is 7.60. The Kier molecular flexibility index (Phi) is 4.98. The van der Waals surface area contributed by atoms with Gasteiger partial charge in [-0.05, 0) is 25.0 Å². The van der Waals surface area contributed by atoms with Gasteiger partial charge in [-0.15, -0.1) is 0 Å². The highest BCUT2D eigenvalue weighted by molar-refractivity contribution is 7.89. The zero-order chi connectivity index (χ0) is 15.5. The molecule has 0 spiro atoms. The minimum Gasteiger partial charge on any atom is -0.379 e. The van der Waals surface area contributed by atoms with Crippen molar-refractivity contribution < 1.29 is 13.2 Å². The van der Waals surface area contributed by atoms with E-state index in [4.69, 9.17) is 4.74 Å². The summed E-state index contributed by atoms with van der Waals surface area (Å²) in [4.78, 5) is 4.07. The van der Waals surface area contributed by atoms with E-state index in [1.54, 1.807) is 18.3 Å². The highest BCUT2D eigenvalue weighted by Crippen LogP contribution is 2.20. The Balaban J connectivity index is 2.06. The SMILES string of the molecule is CC(C)NCc1ccc(S(=O)(=O)NC2(C)CCOC2)nc1. The van der Waals surface area contributed by atoms with Crippen molar-refractivity contribution in [1.82, 2.24) is 15.0 Å². The number of nitrogens with zero attached hydrogens (tertiary/aromatic N) is 1. The van der Waals surface area contributed by atoms with Crippen LogP contribution in [0.25, 0.3) is 0 Å². The molecule has 1 fully saturated rings. The van der Waals surface area contributed by atoms with Gasteiger partial charge >= 0.3 is 0 Å². The van der Waals surface area contributed by atoms with Gasteiger partial charge in [0.05, 0.1) is 12.1 Å². The van der Waals surface area contributed by atoms with Crippen molar-refractivity contribution in [2.75, 3.05) is 13.2 Å². The van der Waals surface area contributed by atoms with Crippen molar-refractivity contribution in [2.24, 2.45) is 0 Å². The summed E-state index contributed by atoms with van der Waals surface area (Å²) in [6.07, 6.45) is 2.26. The molecule has 1 atom stereocenters. The Hall–Kier alpha value is -1.02. The van der Waals surface area contributed by atoms with Crippen LogP contribution in [0.1, 0.15) is 32.8 Å². The van der Waals surface area contributed by atoms with Gasteiger partial charge in [-0.1, -0.05) is 19.9 Å². The smallest absolute Gasteiger partial charge is 0.258 e. The van der Waals surface area contributed by atoms with Crippen LogP contribution in [0.15, 0.2) is 23.4 Å². The number of aromatic nitrogens is 1. The molecule has 1 aromatic rings. The molecule has 1 aromatic heterocycles. The van der Waals surface area contributed by atoms with Gasteiger partial charge in [-0.25, -0.2) is 18.1 Å². The van der Waals surface area contributed by atoms with E-state index in [0.29, 0.717) is 32.2 Å². The second-order valence-corrected chi connectivity index (χ2v) is 7.64. The lowest BCUT2D eigenvalue weighted by molar-refractivity contribution is 0.178. The first-order valence-corrected chi connectivity index (χ1v) is 8.59. The summed E-state index contributed by atoms with van der Waals surface area (Å²) in [7, 11) is -3.61. The molecule has 2 N–H and O–H groups in total. The topological polar surface area (TPSA) is 80.3 Å². The van der Waals surface area contributed by atoms with Crippen molar-refractivity contribution in [1.29, 1.82) is 0 Å². The molecule has 6 nitrogen and oxygen atoms in total. The van der Waals surface area contributed by atoms with Gasteiger partial charge in [-0.3, -0.25) is 0 Å². The molecule has 0 bridgehead atoms. The second-order valence-electron chi connectivity index (χ2n) is 6.01. The van der Waals surface area contributed by atoms with E-state index in [-0.39, 0.29) is 5.03 Å². The van der Waals surface area contributed by atoms with E-state index in [1.807, 2.05) is 6.92 Å². The van der Waals surface area contributed by atoms with E-state index >= 15 is 0 Å². The fourth-order valence-corrected chi connectivity index (χ4v) is 3.47. The van der Waals surface area contributed by atoms with Crippen molar-refractivity contribution in [3.05, 3.63) is 23.9 Å². The van der Waals surface area contributed by atoms with Crippen molar-refractivity contribution in [2.45, 2.75) is 50.3 Å². The minimum atomic E-state index is -3.61. The molecular weight excluding hydrogens is 290 g/mol. The molecule has 0 saturated carbocycles. The average Bonchev–Trinajstić information content (AvgIpc) is 2.82. The van der Waals surface area contributed by atoms with Crippen LogP contribution < -0.4 is 10.0 Å².